The maximum atomic E-state index is 14.5. The number of carbonyl (C=O) groups is 2. The van der Waals surface area contributed by atoms with E-state index >= 15 is 0 Å². The van der Waals surface area contributed by atoms with Crippen molar-refractivity contribution >= 4 is 59.5 Å². The van der Waals surface area contributed by atoms with E-state index < -0.39 is 41.9 Å². The zero-order chi connectivity index (χ0) is 35.3. The highest BCUT2D eigenvalue weighted by Crippen LogP contribution is 2.47. The average Bonchev–Trinajstić information content (AvgIpc) is 3.58. The Hall–Kier alpha value is -6.13. The minimum Gasteiger partial charge on any atom is -0.492 e. The van der Waals surface area contributed by atoms with Crippen LogP contribution in [-0.2, 0) is 0 Å². The van der Waals surface area contributed by atoms with E-state index in [1.807, 2.05) is 0 Å². The molecule has 4 heterocycles. The van der Waals surface area contributed by atoms with Crippen LogP contribution >= 0.6 is 0 Å². The molecular formula is C33H26BF5N8O3. The molecule has 2 aliphatic heterocycles. The summed E-state index contributed by atoms with van der Waals surface area (Å²) in [5.41, 5.74) is 1.07. The minimum atomic E-state index is -3.01. The largest absolute Gasteiger partial charge is 0.492 e. The molecule has 1 aliphatic carbocycles. The normalized spacial score (nSPS) is 17.7. The summed E-state index contributed by atoms with van der Waals surface area (Å²) in [5, 5.41) is 19.1. The second-order valence-corrected chi connectivity index (χ2v) is 11.4. The Labute approximate surface area is 281 Å². The molecule has 4 aromatic rings. The number of allylic oxidation sites excluding steroid dienone is 6. The van der Waals surface area contributed by atoms with Crippen LogP contribution in [0.3, 0.4) is 0 Å². The van der Waals surface area contributed by atoms with Crippen molar-refractivity contribution in [2.75, 3.05) is 27.9 Å². The number of hydrogen-bond donors (Lipinski definition) is 4. The number of carbonyl (C=O) groups excluding carboxylic acids is 2. The van der Waals surface area contributed by atoms with Gasteiger partial charge in [-0.1, -0.05) is 23.7 Å². The number of rotatable bonds is 8. The molecule has 4 N–H and O–H groups in total. The molecule has 0 unspecified atom stereocenters. The Bertz CT molecular complexity index is 2200. The van der Waals surface area contributed by atoms with Gasteiger partial charge in [-0.15, -0.1) is 0 Å². The van der Waals surface area contributed by atoms with Crippen LogP contribution in [-0.4, -0.2) is 58.7 Å². The van der Waals surface area contributed by atoms with Gasteiger partial charge in [-0.05, 0) is 54.5 Å². The van der Waals surface area contributed by atoms with Crippen LogP contribution in [0.25, 0.3) is 11.4 Å². The summed E-state index contributed by atoms with van der Waals surface area (Å²) >= 11 is 0. The summed E-state index contributed by atoms with van der Waals surface area (Å²) in [4.78, 5) is 26.5. The first-order valence-electron chi connectivity index (χ1n) is 15.3. The van der Waals surface area contributed by atoms with Gasteiger partial charge in [-0.3, -0.25) is 9.59 Å². The van der Waals surface area contributed by atoms with Crippen LogP contribution in [0.4, 0.5) is 45.0 Å². The molecule has 3 aliphatic rings. The number of para-hydroxylation sites is 2. The number of benzene rings is 2. The number of amides is 2. The van der Waals surface area contributed by atoms with Crippen LogP contribution in [0.5, 0.6) is 5.75 Å². The summed E-state index contributed by atoms with van der Waals surface area (Å²) in [5.74, 6) is -1.79. The average molecular weight is 688 g/mol. The van der Waals surface area contributed by atoms with Crippen molar-refractivity contribution in [1.82, 2.24) is 19.6 Å². The molecule has 50 heavy (non-hydrogen) atoms. The molecule has 2 aromatic carbocycles. The number of aromatic nitrogens is 4. The highest BCUT2D eigenvalue weighted by Gasteiger charge is 2.37. The first-order valence-corrected chi connectivity index (χ1v) is 15.3. The number of alkyl halides is 4. The van der Waals surface area contributed by atoms with Gasteiger partial charge in [0.15, 0.2) is 0 Å². The van der Waals surface area contributed by atoms with E-state index in [2.05, 4.69) is 31.5 Å². The van der Waals surface area contributed by atoms with Gasteiger partial charge < -0.3 is 26.0 Å². The molecular weight excluding hydrogens is 662 g/mol. The van der Waals surface area contributed by atoms with Crippen molar-refractivity contribution in [3.63, 3.8) is 0 Å². The van der Waals surface area contributed by atoms with E-state index in [4.69, 9.17) is 4.74 Å². The van der Waals surface area contributed by atoms with Crippen LogP contribution in [0, 0.1) is 5.82 Å². The van der Waals surface area contributed by atoms with E-state index in [1.165, 1.54) is 18.2 Å². The van der Waals surface area contributed by atoms with Crippen molar-refractivity contribution in [3.8, 4) is 5.75 Å². The summed E-state index contributed by atoms with van der Waals surface area (Å²) in [7, 11) is 1.68. The molecule has 0 spiro atoms. The van der Waals surface area contributed by atoms with Crippen molar-refractivity contribution in [1.29, 1.82) is 0 Å². The molecule has 0 radical (unpaired) electrons. The molecule has 2 amide bonds. The summed E-state index contributed by atoms with van der Waals surface area (Å²) in [6, 6.07) is 11.0. The maximum absolute atomic E-state index is 14.5. The van der Waals surface area contributed by atoms with Gasteiger partial charge in [0.1, 0.15) is 53.6 Å². The smallest absolute Gasteiger partial charge is 0.280 e. The van der Waals surface area contributed by atoms with Crippen molar-refractivity contribution in [2.24, 2.45) is 0 Å². The third-order valence-electron chi connectivity index (χ3n) is 8.11. The topological polar surface area (TPSA) is 127 Å². The van der Waals surface area contributed by atoms with Crippen LogP contribution < -0.4 is 31.5 Å². The summed E-state index contributed by atoms with van der Waals surface area (Å²) in [6.07, 6.45) is -1.20. The van der Waals surface area contributed by atoms with Gasteiger partial charge in [0, 0.05) is 17.8 Å². The van der Waals surface area contributed by atoms with E-state index in [0.717, 1.165) is 27.8 Å². The van der Waals surface area contributed by atoms with Crippen molar-refractivity contribution in [2.45, 2.75) is 26.2 Å². The number of nitrogens with one attached hydrogen (secondary N) is 4. The van der Waals surface area contributed by atoms with E-state index in [1.54, 1.807) is 45.1 Å². The van der Waals surface area contributed by atoms with Crippen molar-refractivity contribution < 1.29 is 36.3 Å². The third-order valence-corrected chi connectivity index (χ3v) is 8.11. The Balaban J connectivity index is 1.21. The fraction of sp³-hybridized carbons (Fsp3) is 0.152. The quantitative estimate of drug-likeness (QED) is 0.151. The van der Waals surface area contributed by atoms with Gasteiger partial charge in [-0.25, -0.2) is 31.3 Å². The molecule has 0 bridgehead atoms. The first-order chi connectivity index (χ1) is 24.0. The Morgan fingerprint density at radius 2 is 1.40 bits per heavy atom. The second-order valence-electron chi connectivity index (χ2n) is 11.4. The van der Waals surface area contributed by atoms with Gasteiger partial charge in [-0.2, -0.15) is 10.2 Å². The standard InChI is InChI=1S/C33H26BF5N8O3/c1-2-50-27-6-4-3-5-22(27)45-33(49)19-14-41-47-26(29(38)39)12-24(43-31(19)47)17-10-16(17)23-11-25(28(36)37)46-30(42-23)18(13-40-46)32(48)44-21-8-7-15(34)9-20(21)35/h3-9,11-14,28-29,42-43H,2,10,34H2,1H3,(H,44,48)(H,45,49)/b23-16+,24-17-. The fourth-order valence-electron chi connectivity index (χ4n) is 5.64. The molecule has 7 rings (SSSR count). The summed E-state index contributed by atoms with van der Waals surface area (Å²) < 4.78 is 79.0. The third kappa shape index (κ3) is 5.90. The number of halogens is 5. The highest BCUT2D eigenvalue weighted by molar-refractivity contribution is 6.32. The molecule has 2 aromatic heterocycles. The number of nitrogens with zero attached hydrogens (tertiary/aromatic N) is 4. The number of ether oxygens (including phenoxy) is 1. The van der Waals surface area contributed by atoms with Crippen LogP contribution in [0.2, 0.25) is 0 Å². The van der Waals surface area contributed by atoms with Gasteiger partial charge in [0.2, 0.25) is 0 Å². The molecule has 254 valence electrons. The fourth-order valence-corrected chi connectivity index (χ4v) is 5.64. The number of anilines is 4. The van der Waals surface area contributed by atoms with Crippen LogP contribution in [0.1, 0.15) is 34.1 Å². The molecule has 17 heteroatoms. The molecule has 0 saturated heterocycles. The number of hydrogen-bond acceptors (Lipinski definition) is 7. The Morgan fingerprint density at radius 1 is 0.860 bits per heavy atom. The second kappa shape index (κ2) is 12.7. The molecule has 0 atom stereocenters. The lowest BCUT2D eigenvalue weighted by Gasteiger charge is -2.21. The lowest BCUT2D eigenvalue weighted by atomic mass is 9.96. The zero-order valence-corrected chi connectivity index (χ0v) is 26.3. The molecule has 1 fully saturated rings. The SMILES string of the molecule is Bc1ccc(NC(=O)c2cnn3c2N/C(=C2\C\C2=C2/C=C(C(F)F)n4ncc(C(=O)Nc5ccccc5OCC)c4N2)C=C3C(F)F)c(F)c1. The van der Waals surface area contributed by atoms with Crippen LogP contribution in [0.15, 0.2) is 89.6 Å². The van der Waals surface area contributed by atoms with E-state index in [-0.39, 0.29) is 46.3 Å². The minimum absolute atomic E-state index is 0.0197. The first kappa shape index (κ1) is 32.4. The Morgan fingerprint density at radius 3 is 1.92 bits per heavy atom. The van der Waals surface area contributed by atoms with E-state index in [0.29, 0.717) is 34.7 Å². The zero-order valence-electron chi connectivity index (χ0n) is 26.3. The molecule has 1 saturated carbocycles. The molecule has 11 nitrogen and oxygen atoms in total. The highest BCUT2D eigenvalue weighted by atomic mass is 19.3. The summed E-state index contributed by atoms with van der Waals surface area (Å²) in [6.45, 7) is 2.14. The van der Waals surface area contributed by atoms with Gasteiger partial charge >= 0.3 is 0 Å². The van der Waals surface area contributed by atoms with Crippen molar-refractivity contribution in [3.05, 3.63) is 106 Å². The number of fused-ring (bicyclic) bond motifs is 2. The van der Waals surface area contributed by atoms with E-state index in [9.17, 15) is 31.5 Å². The lowest BCUT2D eigenvalue weighted by molar-refractivity contribution is 0.101. The monoisotopic (exact) mass is 688 g/mol. The Kier molecular flexibility index (Phi) is 8.25. The lowest BCUT2D eigenvalue weighted by Crippen LogP contribution is -2.21. The van der Waals surface area contributed by atoms with Gasteiger partial charge in [0.05, 0.1) is 30.4 Å². The van der Waals surface area contributed by atoms with Gasteiger partial charge in [0.25, 0.3) is 24.7 Å². The maximum Gasteiger partial charge on any atom is 0.280 e. The predicted octanol–water partition coefficient (Wildman–Crippen LogP) is 5.06. The predicted molar refractivity (Wildman–Crippen MR) is 179 cm³/mol.